The molecule has 0 N–H and O–H groups in total. The van der Waals surface area contributed by atoms with Crippen molar-refractivity contribution in [1.82, 2.24) is 0 Å². The van der Waals surface area contributed by atoms with E-state index in [1.165, 1.54) is 5.56 Å². The van der Waals surface area contributed by atoms with E-state index in [4.69, 9.17) is 28.4 Å². The summed E-state index contributed by atoms with van der Waals surface area (Å²) in [4.78, 5) is 0. The zero-order valence-electron chi connectivity index (χ0n) is 22.2. The Bertz CT molecular complexity index is 1030. The molecule has 3 aromatic rings. The molecule has 0 atom stereocenters. The molecule has 6 nitrogen and oxygen atoms in total. The van der Waals surface area contributed by atoms with Crippen LogP contribution >= 0.6 is 0 Å². The van der Waals surface area contributed by atoms with E-state index < -0.39 is 0 Å². The van der Waals surface area contributed by atoms with Gasteiger partial charge in [-0.3, -0.25) is 0 Å². The zero-order chi connectivity index (χ0) is 25.4. The summed E-state index contributed by atoms with van der Waals surface area (Å²) >= 11 is 0. The van der Waals surface area contributed by atoms with E-state index in [9.17, 15) is 0 Å². The van der Waals surface area contributed by atoms with Gasteiger partial charge in [-0.1, -0.05) is 43.3 Å². The number of fused-ring (bicyclic) bond motifs is 2. The number of unbranched alkanes of at least 4 members (excludes halogenated alkanes) is 2. The molecule has 36 heavy (non-hydrogen) atoms. The first-order valence-electron chi connectivity index (χ1n) is 13.2. The maximum atomic E-state index is 6.44. The van der Waals surface area contributed by atoms with E-state index >= 15 is 0 Å². The van der Waals surface area contributed by atoms with Crippen molar-refractivity contribution >= 4 is 21.5 Å². The van der Waals surface area contributed by atoms with Crippen molar-refractivity contribution in [2.75, 3.05) is 67.1 Å². The van der Waals surface area contributed by atoms with Crippen LogP contribution in [0.3, 0.4) is 0 Å². The van der Waals surface area contributed by atoms with E-state index in [-0.39, 0.29) is 0 Å². The third-order valence-corrected chi connectivity index (χ3v) is 6.12. The molecule has 0 aliphatic heterocycles. The van der Waals surface area contributed by atoms with Gasteiger partial charge in [-0.2, -0.15) is 0 Å². The van der Waals surface area contributed by atoms with Gasteiger partial charge in [-0.15, -0.1) is 0 Å². The van der Waals surface area contributed by atoms with E-state index in [1.807, 2.05) is 0 Å². The number of methoxy groups -OCH3 is 2. The van der Waals surface area contributed by atoms with Crippen molar-refractivity contribution in [2.45, 2.75) is 39.0 Å². The lowest BCUT2D eigenvalue weighted by atomic mass is 9.98. The normalized spacial score (nSPS) is 11.4. The number of ether oxygens (including phenoxy) is 6. The van der Waals surface area contributed by atoms with Crippen LogP contribution in [0.25, 0.3) is 21.5 Å². The fourth-order valence-electron chi connectivity index (χ4n) is 4.13. The minimum absolute atomic E-state index is 0.630. The highest BCUT2D eigenvalue weighted by atomic mass is 16.5. The first kappa shape index (κ1) is 28.2. The predicted molar refractivity (Wildman–Crippen MR) is 146 cm³/mol. The fourth-order valence-corrected chi connectivity index (χ4v) is 4.13. The molecule has 0 radical (unpaired) electrons. The van der Waals surface area contributed by atoms with Gasteiger partial charge in [0.25, 0.3) is 0 Å². The van der Waals surface area contributed by atoms with Gasteiger partial charge in [0, 0.05) is 49.0 Å². The summed E-state index contributed by atoms with van der Waals surface area (Å²) in [5.41, 5.74) is 1.29. The molecule has 0 aromatic heterocycles. The molecule has 0 saturated heterocycles. The Labute approximate surface area is 215 Å². The van der Waals surface area contributed by atoms with Crippen LogP contribution in [0, 0.1) is 0 Å². The van der Waals surface area contributed by atoms with Crippen molar-refractivity contribution in [3.05, 3.63) is 48.0 Å². The van der Waals surface area contributed by atoms with Crippen LogP contribution in [0.1, 0.15) is 38.2 Å². The van der Waals surface area contributed by atoms with Crippen molar-refractivity contribution in [3.8, 4) is 11.5 Å². The SMILES string of the molecule is CCc1ccc2c(OCCCCOCCOC)c3ccccc3c(OCCCCOCCOC)c2c1. The van der Waals surface area contributed by atoms with Crippen molar-refractivity contribution in [2.24, 2.45) is 0 Å². The maximum Gasteiger partial charge on any atom is 0.135 e. The number of hydrogen-bond acceptors (Lipinski definition) is 6. The number of aryl methyl sites for hydroxylation is 1. The number of hydrogen-bond donors (Lipinski definition) is 0. The van der Waals surface area contributed by atoms with Gasteiger partial charge >= 0.3 is 0 Å². The molecule has 198 valence electrons. The first-order valence-corrected chi connectivity index (χ1v) is 13.2. The monoisotopic (exact) mass is 498 g/mol. The highest BCUT2D eigenvalue weighted by Crippen LogP contribution is 2.43. The van der Waals surface area contributed by atoms with E-state index in [1.54, 1.807) is 14.2 Å². The van der Waals surface area contributed by atoms with Crippen LogP contribution in [0.4, 0.5) is 0 Å². The molecule has 6 heteroatoms. The molecule has 0 aliphatic rings. The lowest BCUT2D eigenvalue weighted by Crippen LogP contribution is -2.06. The molecule has 0 unspecified atom stereocenters. The third kappa shape index (κ3) is 8.34. The number of rotatable bonds is 19. The summed E-state index contributed by atoms with van der Waals surface area (Å²) in [7, 11) is 3.37. The first-order chi connectivity index (χ1) is 17.8. The van der Waals surface area contributed by atoms with Gasteiger partial charge in [0.1, 0.15) is 11.5 Å². The third-order valence-electron chi connectivity index (χ3n) is 6.12. The Hall–Kier alpha value is -2.38. The van der Waals surface area contributed by atoms with Crippen LogP contribution in [0.2, 0.25) is 0 Å². The summed E-state index contributed by atoms with van der Waals surface area (Å²) in [6.45, 7) is 7.44. The van der Waals surface area contributed by atoms with Gasteiger partial charge in [0.05, 0.1) is 39.6 Å². The van der Waals surface area contributed by atoms with Crippen LogP contribution in [-0.2, 0) is 25.4 Å². The molecule has 0 aliphatic carbocycles. The molecule has 3 aromatic carbocycles. The highest BCUT2D eigenvalue weighted by molar-refractivity contribution is 6.11. The topological polar surface area (TPSA) is 55.4 Å². The largest absolute Gasteiger partial charge is 0.492 e. The molecular weight excluding hydrogens is 456 g/mol. The van der Waals surface area contributed by atoms with Gasteiger partial charge in [-0.05, 0) is 43.7 Å². The molecule has 3 rings (SSSR count). The molecule has 0 heterocycles. The summed E-state index contributed by atoms with van der Waals surface area (Å²) in [6.07, 6.45) is 4.74. The Kier molecular flexibility index (Phi) is 12.8. The average molecular weight is 499 g/mol. The van der Waals surface area contributed by atoms with Gasteiger partial charge < -0.3 is 28.4 Å². The van der Waals surface area contributed by atoms with E-state index in [0.717, 1.165) is 78.4 Å². The minimum Gasteiger partial charge on any atom is -0.492 e. The molecule has 0 saturated carbocycles. The summed E-state index contributed by atoms with van der Waals surface area (Å²) in [5.74, 6) is 1.87. The summed E-state index contributed by atoms with van der Waals surface area (Å²) in [6, 6.07) is 15.0. The minimum atomic E-state index is 0.630. The summed E-state index contributed by atoms with van der Waals surface area (Å²) < 4.78 is 34.1. The van der Waals surface area contributed by atoms with Crippen LogP contribution in [0.5, 0.6) is 11.5 Å². The van der Waals surface area contributed by atoms with Crippen LogP contribution in [-0.4, -0.2) is 67.1 Å². The summed E-state index contributed by atoms with van der Waals surface area (Å²) in [5, 5.41) is 4.39. The zero-order valence-corrected chi connectivity index (χ0v) is 22.2. The molecule has 0 spiro atoms. The lowest BCUT2D eigenvalue weighted by Gasteiger charge is -2.18. The van der Waals surface area contributed by atoms with Crippen molar-refractivity contribution < 1.29 is 28.4 Å². The number of benzene rings is 3. The maximum absolute atomic E-state index is 6.44. The fraction of sp³-hybridized carbons (Fsp3) is 0.533. The van der Waals surface area contributed by atoms with Crippen molar-refractivity contribution in [3.63, 3.8) is 0 Å². The molecular formula is C30H42O6. The van der Waals surface area contributed by atoms with Gasteiger partial charge in [0.15, 0.2) is 0 Å². The average Bonchev–Trinajstić information content (AvgIpc) is 2.91. The van der Waals surface area contributed by atoms with Crippen LogP contribution < -0.4 is 9.47 Å². The highest BCUT2D eigenvalue weighted by Gasteiger charge is 2.16. The molecule has 0 bridgehead atoms. The van der Waals surface area contributed by atoms with Crippen LogP contribution in [0.15, 0.2) is 42.5 Å². The Morgan fingerprint density at radius 1 is 0.528 bits per heavy atom. The predicted octanol–water partition coefficient (Wildman–Crippen LogP) is 6.20. The van der Waals surface area contributed by atoms with E-state index in [0.29, 0.717) is 39.6 Å². The second-order valence-electron chi connectivity index (χ2n) is 8.76. The quantitative estimate of drug-likeness (QED) is 0.145. The Morgan fingerprint density at radius 2 is 1.03 bits per heavy atom. The van der Waals surface area contributed by atoms with Gasteiger partial charge in [0.2, 0.25) is 0 Å². The van der Waals surface area contributed by atoms with Crippen molar-refractivity contribution in [1.29, 1.82) is 0 Å². The standard InChI is InChI=1S/C30H42O6/c1-4-24-13-14-27-28(23-24)30(36-18-10-8-16-34-22-20-32-3)26-12-6-5-11-25(26)29(27)35-17-9-7-15-33-21-19-31-2/h5-6,11-14,23H,4,7-10,15-22H2,1-3H3. The molecule has 0 fully saturated rings. The second kappa shape index (κ2) is 16.4. The second-order valence-corrected chi connectivity index (χ2v) is 8.76. The van der Waals surface area contributed by atoms with Gasteiger partial charge in [-0.25, -0.2) is 0 Å². The lowest BCUT2D eigenvalue weighted by molar-refractivity contribution is 0.0674. The smallest absolute Gasteiger partial charge is 0.135 e. The molecule has 0 amide bonds. The Balaban J connectivity index is 1.73. The van der Waals surface area contributed by atoms with E-state index in [2.05, 4.69) is 49.4 Å². The Morgan fingerprint density at radius 3 is 1.56 bits per heavy atom.